The highest BCUT2D eigenvalue weighted by atomic mass is 19.4. The van der Waals surface area contributed by atoms with E-state index >= 15 is 0 Å². The topological polar surface area (TPSA) is 119 Å². The number of H-pyrrole nitrogens is 1. The first-order valence-corrected chi connectivity index (χ1v) is 15.3. The lowest BCUT2D eigenvalue weighted by Gasteiger charge is -2.40. The van der Waals surface area contributed by atoms with Crippen LogP contribution in [0.2, 0.25) is 0 Å². The van der Waals surface area contributed by atoms with Crippen molar-refractivity contribution in [3.05, 3.63) is 84.8 Å². The molecule has 12 nitrogen and oxygen atoms in total. The van der Waals surface area contributed by atoms with Crippen molar-refractivity contribution >= 4 is 27.8 Å². The van der Waals surface area contributed by atoms with Crippen molar-refractivity contribution in [2.45, 2.75) is 25.3 Å². The minimum atomic E-state index is -4.78. The molecule has 1 aliphatic heterocycles. The van der Waals surface area contributed by atoms with E-state index < -0.39 is 30.5 Å². The van der Waals surface area contributed by atoms with Crippen LogP contribution in [0, 0.1) is 0 Å². The fourth-order valence-electron chi connectivity index (χ4n) is 6.17. The first kappa shape index (κ1) is 31.2. The number of benzene rings is 2. The lowest BCUT2D eigenvalue weighted by Crippen LogP contribution is -2.52. The van der Waals surface area contributed by atoms with E-state index in [1.807, 2.05) is 47.3 Å². The molecular weight excluding hydrogens is 627 g/mol. The van der Waals surface area contributed by atoms with Crippen molar-refractivity contribution in [2.24, 2.45) is 0 Å². The van der Waals surface area contributed by atoms with Crippen LogP contribution in [0.25, 0.3) is 33.2 Å². The number of amides is 1. The number of ether oxygens (including phenoxy) is 2. The van der Waals surface area contributed by atoms with E-state index in [1.165, 1.54) is 25.3 Å². The molecule has 1 fully saturated rings. The van der Waals surface area contributed by atoms with Gasteiger partial charge < -0.3 is 23.9 Å². The summed E-state index contributed by atoms with van der Waals surface area (Å²) in [5.41, 5.74) is 2.36. The number of hydrogen-bond donors (Lipinski definition) is 1. The van der Waals surface area contributed by atoms with Gasteiger partial charge in [-0.3, -0.25) is 14.4 Å². The van der Waals surface area contributed by atoms with Gasteiger partial charge in [0, 0.05) is 50.0 Å². The summed E-state index contributed by atoms with van der Waals surface area (Å²) in [4.78, 5) is 34.4. The first-order chi connectivity index (χ1) is 23.2. The molecule has 6 aromatic rings. The van der Waals surface area contributed by atoms with E-state index in [0.29, 0.717) is 54.9 Å². The maximum Gasteiger partial charge on any atom is 0.449 e. The molecule has 1 amide bonds. The van der Waals surface area contributed by atoms with Crippen molar-refractivity contribution in [1.29, 1.82) is 0 Å². The number of methoxy groups -OCH3 is 2. The maximum absolute atomic E-state index is 14.2. The molecule has 1 aliphatic rings. The predicted octanol–water partition coefficient (Wildman–Crippen LogP) is 4.79. The fourth-order valence-corrected chi connectivity index (χ4v) is 6.17. The molecule has 0 spiro atoms. The Morgan fingerprint density at radius 1 is 1.00 bits per heavy atom. The summed E-state index contributed by atoms with van der Waals surface area (Å²) in [5.74, 6) is -0.392. The van der Waals surface area contributed by atoms with Crippen LogP contribution in [0.5, 0.6) is 11.6 Å². The Labute approximate surface area is 272 Å². The number of imidazole rings is 2. The number of aromatic nitrogens is 7. The van der Waals surface area contributed by atoms with Crippen LogP contribution < -0.4 is 9.47 Å². The first-order valence-electron chi connectivity index (χ1n) is 15.3. The average Bonchev–Trinajstić information content (AvgIpc) is 3.87. The van der Waals surface area contributed by atoms with E-state index in [2.05, 4.69) is 29.9 Å². The minimum Gasteiger partial charge on any atom is -0.497 e. The number of nitrogens with one attached hydrogen (secondary N) is 1. The van der Waals surface area contributed by atoms with E-state index in [1.54, 1.807) is 24.4 Å². The number of halogens is 3. The molecule has 1 atom stereocenters. The minimum absolute atomic E-state index is 0.115. The highest BCUT2D eigenvalue weighted by molar-refractivity contribution is 5.85. The molecule has 1 saturated heterocycles. The molecule has 0 aliphatic carbocycles. The van der Waals surface area contributed by atoms with Crippen molar-refractivity contribution in [2.75, 3.05) is 40.4 Å². The summed E-state index contributed by atoms with van der Waals surface area (Å²) in [6.45, 7) is 1.91. The van der Waals surface area contributed by atoms with Gasteiger partial charge in [0.1, 0.15) is 24.2 Å². The van der Waals surface area contributed by atoms with Crippen LogP contribution in [-0.4, -0.2) is 90.4 Å². The molecule has 0 radical (unpaired) electrons. The summed E-state index contributed by atoms with van der Waals surface area (Å²) in [6, 6.07) is 15.3. The third-order valence-corrected chi connectivity index (χ3v) is 8.58. The van der Waals surface area contributed by atoms with Crippen LogP contribution in [0.3, 0.4) is 0 Å². The van der Waals surface area contributed by atoms with Gasteiger partial charge in [-0.25, -0.2) is 15.0 Å². The number of pyridine rings is 1. The van der Waals surface area contributed by atoms with E-state index in [0.717, 1.165) is 15.5 Å². The normalized spacial score (nSPS) is 15.8. The summed E-state index contributed by atoms with van der Waals surface area (Å²) in [5, 5.41) is 5.19. The predicted molar refractivity (Wildman–Crippen MR) is 170 cm³/mol. The Morgan fingerprint density at radius 3 is 2.62 bits per heavy atom. The van der Waals surface area contributed by atoms with Crippen molar-refractivity contribution in [3.8, 4) is 22.9 Å². The summed E-state index contributed by atoms with van der Waals surface area (Å²) >= 11 is 0. The molecule has 7 rings (SSSR count). The number of piperazine rings is 1. The number of carbonyl (C=O) groups is 1. The van der Waals surface area contributed by atoms with E-state index in [4.69, 9.17) is 9.47 Å². The van der Waals surface area contributed by atoms with Gasteiger partial charge in [-0.05, 0) is 30.3 Å². The second-order valence-corrected chi connectivity index (χ2v) is 11.5. The van der Waals surface area contributed by atoms with Crippen LogP contribution in [0.4, 0.5) is 13.2 Å². The highest BCUT2D eigenvalue weighted by Crippen LogP contribution is 2.35. The molecular formula is C33H32F3N9O3. The van der Waals surface area contributed by atoms with E-state index in [-0.39, 0.29) is 17.6 Å². The molecule has 4 aromatic heterocycles. The summed E-state index contributed by atoms with van der Waals surface area (Å²) in [6.07, 6.45) is 0.473. The quantitative estimate of drug-likeness (QED) is 0.235. The van der Waals surface area contributed by atoms with Gasteiger partial charge in [0.15, 0.2) is 0 Å². The van der Waals surface area contributed by atoms with Crippen molar-refractivity contribution in [1.82, 2.24) is 44.1 Å². The van der Waals surface area contributed by atoms with Crippen molar-refractivity contribution in [3.63, 3.8) is 0 Å². The maximum atomic E-state index is 14.2. The largest absolute Gasteiger partial charge is 0.497 e. The summed E-state index contributed by atoms with van der Waals surface area (Å²) in [7, 11) is 2.97. The number of alkyl halides is 3. The Balaban J connectivity index is 1.23. The molecule has 1 N–H and O–H groups in total. The van der Waals surface area contributed by atoms with Gasteiger partial charge in [0.05, 0.1) is 54.8 Å². The molecule has 0 bridgehead atoms. The molecule has 1 unspecified atom stereocenters. The zero-order valence-electron chi connectivity index (χ0n) is 26.2. The van der Waals surface area contributed by atoms with Gasteiger partial charge in [-0.2, -0.15) is 18.3 Å². The third kappa shape index (κ3) is 6.03. The fraction of sp³-hybridized carbons (Fsp3) is 0.303. The molecule has 5 heterocycles. The standard InChI is InChI=1S/C33H32F3N9O3/c1-47-22-8-9-25-27(17-22)45(32(41-25)33(34,35)36)20-29(46)44-15-13-42(12-14-43-11-5-10-38-43)19-28(44)30-37-18-26(39-30)23-16-21-6-3-4-7-24(21)40-31(23)48-2/h3-11,16-18,28H,12-15,19-20H2,1-2H3,(H,37,39). The second-order valence-electron chi connectivity index (χ2n) is 11.5. The molecule has 2 aromatic carbocycles. The SMILES string of the molecule is COc1ccc2nc(C(F)(F)F)n(CC(=O)N3CCN(CCn4cccn4)CC3c3ncc(-c4cc5ccccc5nc4OC)[nH]3)c2c1. The van der Waals surface area contributed by atoms with Gasteiger partial charge in [0.2, 0.25) is 17.6 Å². The monoisotopic (exact) mass is 659 g/mol. The Kier molecular flexibility index (Phi) is 8.21. The molecule has 0 saturated carbocycles. The highest BCUT2D eigenvalue weighted by Gasteiger charge is 2.40. The molecule has 15 heteroatoms. The van der Waals surface area contributed by atoms with Crippen LogP contribution in [-0.2, 0) is 24.1 Å². The van der Waals surface area contributed by atoms with E-state index in [9.17, 15) is 18.0 Å². The lowest BCUT2D eigenvalue weighted by molar-refractivity contribution is -0.148. The molecule has 48 heavy (non-hydrogen) atoms. The van der Waals surface area contributed by atoms with Gasteiger partial charge >= 0.3 is 6.18 Å². The number of para-hydroxylation sites is 1. The Hall–Kier alpha value is -5.44. The third-order valence-electron chi connectivity index (χ3n) is 8.58. The number of rotatable bonds is 9. The zero-order chi connectivity index (χ0) is 33.4. The van der Waals surface area contributed by atoms with Crippen LogP contribution in [0.1, 0.15) is 17.7 Å². The summed E-state index contributed by atoms with van der Waals surface area (Å²) < 4.78 is 56.2. The number of aromatic amines is 1. The average molecular weight is 660 g/mol. The number of hydrogen-bond acceptors (Lipinski definition) is 8. The van der Waals surface area contributed by atoms with Gasteiger partial charge in [0.25, 0.3) is 0 Å². The van der Waals surface area contributed by atoms with Crippen LogP contribution in [0.15, 0.2) is 73.2 Å². The molecule has 248 valence electrons. The van der Waals surface area contributed by atoms with Gasteiger partial charge in [-0.15, -0.1) is 0 Å². The smallest absolute Gasteiger partial charge is 0.449 e. The Bertz CT molecular complexity index is 2070. The number of carbonyl (C=O) groups excluding carboxylic acids is 1. The van der Waals surface area contributed by atoms with Gasteiger partial charge in [-0.1, -0.05) is 18.2 Å². The number of nitrogens with zero attached hydrogens (tertiary/aromatic N) is 8. The second kappa shape index (κ2) is 12.6. The number of fused-ring (bicyclic) bond motifs is 2. The zero-order valence-corrected chi connectivity index (χ0v) is 26.2. The van der Waals surface area contributed by atoms with Crippen LogP contribution >= 0.6 is 0 Å². The Morgan fingerprint density at radius 2 is 1.85 bits per heavy atom. The lowest BCUT2D eigenvalue weighted by atomic mass is 10.1. The van der Waals surface area contributed by atoms with Crippen molar-refractivity contribution < 1.29 is 27.4 Å².